The van der Waals surface area contributed by atoms with Crippen LogP contribution in [0, 0.1) is 0 Å². The summed E-state index contributed by atoms with van der Waals surface area (Å²) in [6.07, 6.45) is 12.1. The van der Waals surface area contributed by atoms with Gasteiger partial charge in [0.1, 0.15) is 5.97 Å². The Balaban J connectivity index is 4.22. The molecule has 0 aromatic carbocycles. The van der Waals surface area contributed by atoms with E-state index in [1.165, 1.54) is 38.5 Å². The van der Waals surface area contributed by atoms with Gasteiger partial charge in [0.15, 0.2) is 0 Å². The molecule has 5 heteroatoms. The number of nitrogens with one attached hydrogen (secondary N) is 1. The highest BCUT2D eigenvalue weighted by atomic mass is 16.4. The van der Waals surface area contributed by atoms with E-state index in [4.69, 9.17) is 0 Å². The molecule has 0 aromatic rings. The van der Waals surface area contributed by atoms with Crippen molar-refractivity contribution in [2.45, 2.75) is 96.6 Å². The zero-order chi connectivity index (χ0) is 19.3. The molecule has 0 fully saturated rings. The average Bonchev–Trinajstić information content (AvgIpc) is 2.51. The molecule has 1 unspecified atom stereocenters. The standard InChI is InChI=1S/C20H40N2O3/c1-6-8-9-10-11-12-13-14-15-16-18(23)21-20(17-7-2,19(24)25)22(3,4)5/h6-17H2,1-5H3,(H-,21,23,24,25). The van der Waals surface area contributed by atoms with E-state index in [9.17, 15) is 14.7 Å². The molecule has 0 bridgehead atoms. The highest BCUT2D eigenvalue weighted by molar-refractivity contribution is 5.84. The molecule has 0 saturated carbocycles. The Morgan fingerprint density at radius 1 is 0.840 bits per heavy atom. The lowest BCUT2D eigenvalue weighted by Crippen LogP contribution is -2.74. The maximum Gasteiger partial charge on any atom is 0.224 e. The number of carbonyl (C=O) groups excluding carboxylic acids is 2. The first-order chi connectivity index (χ1) is 11.7. The topological polar surface area (TPSA) is 69.2 Å². The maximum atomic E-state index is 12.3. The zero-order valence-corrected chi connectivity index (χ0v) is 17.2. The Hall–Kier alpha value is -1.10. The molecule has 0 aromatic heterocycles. The van der Waals surface area contributed by atoms with Gasteiger partial charge in [-0.15, -0.1) is 0 Å². The summed E-state index contributed by atoms with van der Waals surface area (Å²) in [5.74, 6) is -1.39. The number of hydrogen-bond acceptors (Lipinski definition) is 3. The Labute approximate surface area is 154 Å². The first-order valence-corrected chi connectivity index (χ1v) is 10.0. The van der Waals surface area contributed by atoms with Crippen molar-refractivity contribution in [3.63, 3.8) is 0 Å². The van der Waals surface area contributed by atoms with Crippen molar-refractivity contribution in [1.29, 1.82) is 0 Å². The number of aliphatic carboxylic acids is 1. The molecule has 148 valence electrons. The van der Waals surface area contributed by atoms with E-state index in [1.807, 2.05) is 6.92 Å². The molecule has 0 aliphatic rings. The van der Waals surface area contributed by atoms with E-state index in [0.29, 0.717) is 19.3 Å². The van der Waals surface area contributed by atoms with E-state index >= 15 is 0 Å². The number of rotatable bonds is 15. The number of likely N-dealkylation sites (N-methyl/N-ethyl adjacent to an activating group) is 1. The molecule has 5 nitrogen and oxygen atoms in total. The number of carbonyl (C=O) groups is 2. The van der Waals surface area contributed by atoms with Crippen molar-refractivity contribution in [3.8, 4) is 0 Å². The summed E-state index contributed by atoms with van der Waals surface area (Å²) in [6, 6.07) is 0. The number of quaternary nitrogens is 1. The number of nitrogens with zero attached hydrogens (tertiary/aromatic N) is 1. The molecule has 0 rings (SSSR count). The molecule has 0 radical (unpaired) electrons. The van der Waals surface area contributed by atoms with E-state index in [1.54, 1.807) is 21.1 Å². The van der Waals surface area contributed by atoms with Crippen LogP contribution in [0.3, 0.4) is 0 Å². The highest BCUT2D eigenvalue weighted by Gasteiger charge is 2.45. The molecular weight excluding hydrogens is 316 g/mol. The first kappa shape index (κ1) is 23.9. The van der Waals surface area contributed by atoms with Crippen molar-refractivity contribution in [1.82, 2.24) is 5.32 Å². The summed E-state index contributed by atoms with van der Waals surface area (Å²) < 4.78 is 0.118. The molecule has 1 N–H and O–H groups in total. The van der Waals surface area contributed by atoms with Crippen LogP contribution in [0.5, 0.6) is 0 Å². The lowest BCUT2D eigenvalue weighted by Gasteiger charge is -2.46. The summed E-state index contributed by atoms with van der Waals surface area (Å²) in [6.45, 7) is 4.14. The van der Waals surface area contributed by atoms with Crippen molar-refractivity contribution < 1.29 is 19.2 Å². The lowest BCUT2D eigenvalue weighted by atomic mass is 9.99. The normalized spacial score (nSPS) is 14.1. The van der Waals surface area contributed by atoms with Crippen molar-refractivity contribution >= 4 is 11.9 Å². The first-order valence-electron chi connectivity index (χ1n) is 10.0. The quantitative estimate of drug-likeness (QED) is 0.279. The largest absolute Gasteiger partial charge is 0.542 e. The molecule has 0 heterocycles. The molecule has 0 saturated heterocycles. The summed E-state index contributed by atoms with van der Waals surface area (Å²) in [7, 11) is 5.35. The second kappa shape index (κ2) is 12.3. The predicted molar refractivity (Wildman–Crippen MR) is 101 cm³/mol. The van der Waals surface area contributed by atoms with Gasteiger partial charge in [0.05, 0.1) is 21.1 Å². The molecule has 1 amide bonds. The van der Waals surface area contributed by atoms with Gasteiger partial charge in [-0.25, -0.2) is 0 Å². The molecule has 25 heavy (non-hydrogen) atoms. The van der Waals surface area contributed by atoms with Gasteiger partial charge >= 0.3 is 0 Å². The minimum Gasteiger partial charge on any atom is -0.542 e. The number of unbranched alkanes of at least 4 members (excludes halogenated alkanes) is 8. The maximum absolute atomic E-state index is 12.3. The lowest BCUT2D eigenvalue weighted by molar-refractivity contribution is -0.919. The minimum atomic E-state index is -1.36. The Kier molecular flexibility index (Phi) is 11.7. The summed E-state index contributed by atoms with van der Waals surface area (Å²) in [4.78, 5) is 24.1. The molecule has 0 spiro atoms. The number of carboxylic acid groups (broad SMARTS) is 1. The summed E-state index contributed by atoms with van der Waals surface area (Å²) in [5.41, 5.74) is -1.36. The van der Waals surface area contributed by atoms with Gasteiger partial charge in [0, 0.05) is 12.8 Å². The third-order valence-electron chi connectivity index (χ3n) is 4.95. The Morgan fingerprint density at radius 3 is 1.72 bits per heavy atom. The van der Waals surface area contributed by atoms with Gasteiger partial charge in [0.25, 0.3) is 0 Å². The van der Waals surface area contributed by atoms with Gasteiger partial charge in [-0.3, -0.25) is 10.1 Å². The van der Waals surface area contributed by atoms with Crippen LogP contribution in [-0.4, -0.2) is 43.2 Å². The average molecular weight is 357 g/mol. The van der Waals surface area contributed by atoms with E-state index in [-0.39, 0.29) is 10.4 Å². The minimum absolute atomic E-state index is 0.118. The fourth-order valence-corrected chi connectivity index (χ4v) is 3.24. The van der Waals surface area contributed by atoms with Crippen molar-refractivity contribution in [3.05, 3.63) is 0 Å². The van der Waals surface area contributed by atoms with Gasteiger partial charge < -0.3 is 14.4 Å². The molecule has 0 aliphatic heterocycles. The fraction of sp³-hybridized carbons (Fsp3) is 0.900. The SMILES string of the molecule is CCCCCCCCCCCC(=O)NC(CCC)(C(=O)[O-])[N+](C)(C)C. The number of amides is 1. The number of carboxylic acids is 1. The van der Waals surface area contributed by atoms with Crippen molar-refractivity contribution in [2.75, 3.05) is 21.1 Å². The Bertz CT molecular complexity index is 391. The fourth-order valence-electron chi connectivity index (χ4n) is 3.24. The zero-order valence-electron chi connectivity index (χ0n) is 17.2. The van der Waals surface area contributed by atoms with E-state index in [0.717, 1.165) is 19.3 Å². The molecule has 1 atom stereocenters. The van der Waals surface area contributed by atoms with Gasteiger partial charge in [-0.2, -0.15) is 0 Å². The van der Waals surface area contributed by atoms with Crippen LogP contribution < -0.4 is 10.4 Å². The molecule has 0 aliphatic carbocycles. The number of hydrogen-bond donors (Lipinski definition) is 1. The van der Waals surface area contributed by atoms with Crippen LogP contribution in [0.2, 0.25) is 0 Å². The van der Waals surface area contributed by atoms with Gasteiger partial charge in [-0.05, 0) is 12.8 Å². The summed E-state index contributed by atoms with van der Waals surface area (Å²) >= 11 is 0. The highest BCUT2D eigenvalue weighted by Crippen LogP contribution is 2.22. The van der Waals surface area contributed by atoms with Gasteiger partial charge in [0.2, 0.25) is 11.6 Å². The van der Waals surface area contributed by atoms with Crippen LogP contribution in [0.4, 0.5) is 0 Å². The Morgan fingerprint density at radius 2 is 1.32 bits per heavy atom. The van der Waals surface area contributed by atoms with E-state index in [2.05, 4.69) is 12.2 Å². The van der Waals surface area contributed by atoms with Crippen molar-refractivity contribution in [2.24, 2.45) is 0 Å². The second-order valence-electron chi connectivity index (χ2n) is 8.04. The second-order valence-corrected chi connectivity index (χ2v) is 8.04. The third-order valence-corrected chi connectivity index (χ3v) is 4.95. The van der Waals surface area contributed by atoms with Gasteiger partial charge in [-0.1, -0.05) is 65.2 Å². The van der Waals surface area contributed by atoms with Crippen LogP contribution in [-0.2, 0) is 9.59 Å². The van der Waals surface area contributed by atoms with Crippen LogP contribution in [0.15, 0.2) is 0 Å². The monoisotopic (exact) mass is 356 g/mol. The smallest absolute Gasteiger partial charge is 0.224 e. The van der Waals surface area contributed by atoms with Crippen LogP contribution in [0.1, 0.15) is 90.9 Å². The predicted octanol–water partition coefficient (Wildman–Crippen LogP) is 2.98. The van der Waals surface area contributed by atoms with E-state index < -0.39 is 11.6 Å². The van der Waals surface area contributed by atoms with Crippen LogP contribution in [0.25, 0.3) is 0 Å². The third kappa shape index (κ3) is 8.70. The summed E-state index contributed by atoms with van der Waals surface area (Å²) in [5, 5.41) is 14.5. The molecular formula is C20H40N2O3. The van der Waals surface area contributed by atoms with Crippen LogP contribution >= 0.6 is 0 Å².